The van der Waals surface area contributed by atoms with Crippen molar-refractivity contribution < 1.29 is 23.1 Å². The minimum atomic E-state index is -3.72. The smallest absolute Gasteiger partial charge is 0.325 e. The maximum Gasteiger partial charge on any atom is 0.325 e. The molecule has 1 saturated carbocycles. The Balaban J connectivity index is 2.19. The van der Waals surface area contributed by atoms with Gasteiger partial charge in [0.2, 0.25) is 10.0 Å². The highest BCUT2D eigenvalue weighted by molar-refractivity contribution is 7.90. The number of carbonyl (C=O) groups excluding carboxylic acids is 1. The number of sulfonamides is 1. The van der Waals surface area contributed by atoms with Crippen molar-refractivity contribution in [1.82, 2.24) is 4.31 Å². The van der Waals surface area contributed by atoms with E-state index < -0.39 is 27.3 Å². The van der Waals surface area contributed by atoms with Crippen molar-refractivity contribution in [2.75, 3.05) is 13.7 Å². The van der Waals surface area contributed by atoms with Crippen LogP contribution in [-0.4, -0.2) is 54.8 Å². The lowest BCUT2D eigenvalue weighted by Crippen LogP contribution is -2.49. The van der Waals surface area contributed by atoms with Gasteiger partial charge in [-0.15, -0.1) is 0 Å². The highest BCUT2D eigenvalue weighted by Crippen LogP contribution is 2.36. The van der Waals surface area contributed by atoms with Gasteiger partial charge >= 0.3 is 5.97 Å². The summed E-state index contributed by atoms with van der Waals surface area (Å²) in [7, 11) is -2.53. The quantitative estimate of drug-likeness (QED) is 0.778. The Bertz CT molecular complexity index is 478. The molecule has 4 unspecified atom stereocenters. The van der Waals surface area contributed by atoms with E-state index in [2.05, 4.69) is 4.74 Å². The summed E-state index contributed by atoms with van der Waals surface area (Å²) in [5, 5.41) is 9.00. The van der Waals surface area contributed by atoms with Crippen LogP contribution in [0.15, 0.2) is 0 Å². The fourth-order valence-electron chi connectivity index (χ4n) is 3.59. The zero-order valence-corrected chi connectivity index (χ0v) is 13.5. The number of hydrogen-bond donors (Lipinski definition) is 1. The average molecular weight is 319 g/mol. The Labute approximate surface area is 126 Å². The first-order valence-electron chi connectivity index (χ1n) is 7.66. The van der Waals surface area contributed by atoms with Crippen LogP contribution in [0, 0.1) is 5.92 Å². The summed E-state index contributed by atoms with van der Waals surface area (Å²) in [6, 6.07) is -0.183. The Morgan fingerprint density at radius 2 is 1.90 bits per heavy atom. The first kappa shape index (κ1) is 16.7. The molecule has 0 aromatic rings. The van der Waals surface area contributed by atoms with Crippen LogP contribution >= 0.6 is 0 Å². The van der Waals surface area contributed by atoms with Gasteiger partial charge in [-0.05, 0) is 32.6 Å². The van der Waals surface area contributed by atoms with E-state index in [1.165, 1.54) is 18.3 Å². The van der Waals surface area contributed by atoms with Gasteiger partial charge in [0, 0.05) is 18.5 Å². The molecule has 7 heteroatoms. The van der Waals surface area contributed by atoms with Crippen molar-refractivity contribution in [3.63, 3.8) is 0 Å². The second-order valence-electron chi connectivity index (χ2n) is 6.05. The van der Waals surface area contributed by atoms with Crippen LogP contribution < -0.4 is 0 Å². The van der Waals surface area contributed by atoms with Gasteiger partial charge in [-0.25, -0.2) is 8.42 Å². The zero-order chi connectivity index (χ0) is 15.6. The number of esters is 1. The molecule has 0 aromatic heterocycles. The second kappa shape index (κ2) is 6.62. The Morgan fingerprint density at radius 1 is 1.24 bits per heavy atom. The lowest BCUT2D eigenvalue weighted by molar-refractivity contribution is -0.139. The number of aliphatic hydroxyl groups is 1. The predicted octanol–water partition coefficient (Wildman–Crippen LogP) is 0.893. The number of carbonyl (C=O) groups is 1. The molecule has 1 N–H and O–H groups in total. The van der Waals surface area contributed by atoms with Gasteiger partial charge in [0.15, 0.2) is 5.25 Å². The number of aliphatic hydroxyl groups excluding tert-OH is 1. The van der Waals surface area contributed by atoms with E-state index in [1.54, 1.807) is 0 Å². The van der Waals surface area contributed by atoms with Crippen LogP contribution in [0.25, 0.3) is 0 Å². The van der Waals surface area contributed by atoms with Crippen molar-refractivity contribution in [2.45, 2.75) is 62.8 Å². The molecule has 1 aliphatic heterocycles. The van der Waals surface area contributed by atoms with Crippen LogP contribution in [0.3, 0.4) is 0 Å². The Hall–Kier alpha value is -0.660. The largest absolute Gasteiger partial charge is 0.468 e. The molecule has 0 radical (unpaired) electrons. The third-order valence-electron chi connectivity index (χ3n) is 4.83. The summed E-state index contributed by atoms with van der Waals surface area (Å²) in [5.74, 6) is -0.745. The van der Waals surface area contributed by atoms with Gasteiger partial charge in [-0.1, -0.05) is 12.8 Å². The summed E-state index contributed by atoms with van der Waals surface area (Å²) in [4.78, 5) is 11.6. The maximum absolute atomic E-state index is 12.6. The molecule has 2 aliphatic rings. The minimum absolute atomic E-state index is 0.0131. The number of hydrogen-bond acceptors (Lipinski definition) is 5. The molecular formula is C14H25NO5S. The highest BCUT2D eigenvalue weighted by atomic mass is 32.2. The van der Waals surface area contributed by atoms with E-state index in [4.69, 9.17) is 0 Å². The molecule has 122 valence electrons. The molecule has 6 nitrogen and oxygen atoms in total. The first-order chi connectivity index (χ1) is 9.89. The minimum Gasteiger partial charge on any atom is -0.468 e. The van der Waals surface area contributed by atoms with Crippen LogP contribution in [0.4, 0.5) is 0 Å². The molecule has 4 atom stereocenters. The number of ether oxygens (including phenoxy) is 1. The average Bonchev–Trinajstić information content (AvgIpc) is 2.96. The summed E-state index contributed by atoms with van der Waals surface area (Å²) in [6.45, 7) is 1.80. The Morgan fingerprint density at radius 3 is 2.52 bits per heavy atom. The van der Waals surface area contributed by atoms with Crippen LogP contribution in [0.5, 0.6) is 0 Å². The molecule has 1 aliphatic carbocycles. The van der Waals surface area contributed by atoms with Crippen molar-refractivity contribution in [1.29, 1.82) is 0 Å². The van der Waals surface area contributed by atoms with Gasteiger partial charge in [-0.2, -0.15) is 4.31 Å². The SMILES string of the molecule is COC(=O)C(C)S(=O)(=O)N1CCCC1C1CCCCC1O. The van der Waals surface area contributed by atoms with Crippen molar-refractivity contribution >= 4 is 16.0 Å². The van der Waals surface area contributed by atoms with Crippen molar-refractivity contribution in [2.24, 2.45) is 5.92 Å². The first-order valence-corrected chi connectivity index (χ1v) is 9.16. The second-order valence-corrected chi connectivity index (χ2v) is 8.25. The monoisotopic (exact) mass is 319 g/mol. The van der Waals surface area contributed by atoms with E-state index in [-0.39, 0.29) is 12.0 Å². The molecule has 0 aromatic carbocycles. The van der Waals surface area contributed by atoms with Crippen LogP contribution in [-0.2, 0) is 19.6 Å². The van der Waals surface area contributed by atoms with E-state index in [0.29, 0.717) is 6.54 Å². The highest BCUT2D eigenvalue weighted by Gasteiger charge is 2.45. The Kier molecular flexibility index (Phi) is 5.27. The van der Waals surface area contributed by atoms with Crippen LogP contribution in [0.2, 0.25) is 0 Å². The predicted molar refractivity (Wildman–Crippen MR) is 78.1 cm³/mol. The summed E-state index contributed by atoms with van der Waals surface area (Å²) in [5.41, 5.74) is 0. The fraction of sp³-hybridized carbons (Fsp3) is 0.929. The van der Waals surface area contributed by atoms with Crippen molar-refractivity contribution in [3.05, 3.63) is 0 Å². The molecule has 1 heterocycles. The van der Waals surface area contributed by atoms with Crippen molar-refractivity contribution in [3.8, 4) is 0 Å². The number of rotatable bonds is 4. The molecular weight excluding hydrogens is 294 g/mol. The zero-order valence-electron chi connectivity index (χ0n) is 12.7. The molecule has 2 fully saturated rings. The number of methoxy groups -OCH3 is 1. The van der Waals surface area contributed by atoms with E-state index in [0.717, 1.165) is 38.5 Å². The molecule has 0 spiro atoms. The van der Waals surface area contributed by atoms with E-state index in [9.17, 15) is 18.3 Å². The molecule has 0 amide bonds. The molecule has 1 saturated heterocycles. The standard InChI is InChI=1S/C14H25NO5S/c1-10(14(17)20-2)21(18,19)15-9-5-7-12(15)11-6-3-4-8-13(11)16/h10-13,16H,3-9H2,1-2H3. The third-order valence-corrected chi connectivity index (χ3v) is 7.02. The summed E-state index contributed by atoms with van der Waals surface area (Å²) in [6.07, 6.45) is 4.71. The van der Waals surface area contributed by atoms with Crippen LogP contribution in [0.1, 0.15) is 45.4 Å². The van der Waals surface area contributed by atoms with Gasteiger partial charge in [0.1, 0.15) is 0 Å². The summed E-state index contributed by atoms with van der Waals surface area (Å²) < 4.78 is 31.3. The maximum atomic E-state index is 12.6. The lowest BCUT2D eigenvalue weighted by atomic mass is 9.81. The van der Waals surface area contributed by atoms with Gasteiger partial charge in [0.25, 0.3) is 0 Å². The molecule has 21 heavy (non-hydrogen) atoms. The lowest BCUT2D eigenvalue weighted by Gasteiger charge is -2.37. The third kappa shape index (κ3) is 3.24. The van der Waals surface area contributed by atoms with Gasteiger partial charge < -0.3 is 9.84 Å². The number of nitrogens with zero attached hydrogens (tertiary/aromatic N) is 1. The summed E-state index contributed by atoms with van der Waals surface area (Å²) >= 11 is 0. The molecule has 0 bridgehead atoms. The fourth-order valence-corrected chi connectivity index (χ4v) is 5.36. The van der Waals surface area contributed by atoms with E-state index >= 15 is 0 Å². The molecule has 2 rings (SSSR count). The normalized spacial score (nSPS) is 32.8. The van der Waals surface area contributed by atoms with E-state index in [1.807, 2.05) is 0 Å². The topological polar surface area (TPSA) is 83.9 Å². The van der Waals surface area contributed by atoms with Gasteiger partial charge in [0.05, 0.1) is 13.2 Å². The van der Waals surface area contributed by atoms with Gasteiger partial charge in [-0.3, -0.25) is 4.79 Å².